The van der Waals surface area contributed by atoms with Crippen LogP contribution in [0.3, 0.4) is 0 Å². The van der Waals surface area contributed by atoms with Gasteiger partial charge in [-0.05, 0) is 36.4 Å². The van der Waals surface area contributed by atoms with Gasteiger partial charge < -0.3 is 32.8 Å². The lowest BCUT2D eigenvalue weighted by Gasteiger charge is -2.16. The Hall–Kier alpha value is -3.66. The highest BCUT2D eigenvalue weighted by Gasteiger charge is 2.34. The van der Waals surface area contributed by atoms with Crippen molar-refractivity contribution in [2.24, 2.45) is 0 Å². The molecule has 0 bridgehead atoms. The summed E-state index contributed by atoms with van der Waals surface area (Å²) in [5.41, 5.74) is 2.85. The Balaban J connectivity index is 1.22. The van der Waals surface area contributed by atoms with Crippen LogP contribution in [0, 0.1) is 0 Å². The number of para-hydroxylation sites is 2. The summed E-state index contributed by atoms with van der Waals surface area (Å²) in [5.74, 6) is -2.48. The van der Waals surface area contributed by atoms with E-state index in [1.54, 1.807) is 0 Å². The van der Waals surface area contributed by atoms with Crippen LogP contribution < -0.4 is 0 Å². The molecule has 0 N–H and O–H groups in total. The highest BCUT2D eigenvalue weighted by molar-refractivity contribution is 6.04. The summed E-state index contributed by atoms with van der Waals surface area (Å²) in [7, 11) is 0. The smallest absolute Gasteiger partial charge is 0.325 e. The second-order valence-corrected chi connectivity index (χ2v) is 10.4. The molecule has 1 aliphatic heterocycles. The SMILES string of the molecule is O=C1OCCOCCOCCOCCOC(=O)C1c1cn(CCCCCCn2ccc3ccccc32)c2ccccc12. The van der Waals surface area contributed by atoms with Gasteiger partial charge in [-0.15, -0.1) is 0 Å². The fourth-order valence-corrected chi connectivity index (χ4v) is 5.40. The molecule has 0 spiro atoms. The van der Waals surface area contributed by atoms with Gasteiger partial charge in [-0.2, -0.15) is 0 Å². The second-order valence-electron chi connectivity index (χ2n) is 10.4. The molecule has 5 rings (SSSR count). The summed E-state index contributed by atoms with van der Waals surface area (Å²) < 4.78 is 31.7. The third-order valence-electron chi connectivity index (χ3n) is 7.52. The van der Waals surface area contributed by atoms with Gasteiger partial charge >= 0.3 is 11.9 Å². The molecular formula is C33H40N2O7. The van der Waals surface area contributed by atoms with Crippen molar-refractivity contribution in [1.29, 1.82) is 0 Å². The molecule has 2 aromatic heterocycles. The van der Waals surface area contributed by atoms with Gasteiger partial charge in [0.25, 0.3) is 0 Å². The molecule has 1 saturated heterocycles. The zero-order valence-electron chi connectivity index (χ0n) is 24.1. The molecule has 1 fully saturated rings. The van der Waals surface area contributed by atoms with Crippen molar-refractivity contribution in [2.45, 2.75) is 44.7 Å². The maximum absolute atomic E-state index is 13.2. The fraction of sp³-hybridized carbons (Fsp3) is 0.455. The Morgan fingerprint density at radius 2 is 1.14 bits per heavy atom. The molecule has 224 valence electrons. The first-order chi connectivity index (χ1) is 20.7. The molecule has 0 radical (unpaired) electrons. The van der Waals surface area contributed by atoms with Crippen LogP contribution in [0.15, 0.2) is 67.0 Å². The van der Waals surface area contributed by atoms with Crippen LogP contribution in [-0.2, 0) is 46.4 Å². The topological polar surface area (TPSA) is 90.2 Å². The van der Waals surface area contributed by atoms with Gasteiger partial charge in [0.2, 0.25) is 0 Å². The Morgan fingerprint density at radius 3 is 1.81 bits per heavy atom. The molecule has 0 aliphatic carbocycles. The Bertz CT molecular complexity index is 1420. The summed E-state index contributed by atoms with van der Waals surface area (Å²) in [6.07, 6.45) is 8.37. The number of rotatable bonds is 8. The number of ether oxygens (including phenoxy) is 5. The number of carbonyl (C=O) groups is 2. The zero-order chi connectivity index (χ0) is 29.0. The first-order valence-corrected chi connectivity index (χ1v) is 14.9. The molecular weight excluding hydrogens is 536 g/mol. The van der Waals surface area contributed by atoms with E-state index in [0.717, 1.165) is 49.7 Å². The first kappa shape index (κ1) is 29.8. The van der Waals surface area contributed by atoms with E-state index in [1.807, 2.05) is 30.5 Å². The Kier molecular flexibility index (Phi) is 11.0. The second kappa shape index (κ2) is 15.5. The molecule has 0 atom stereocenters. The predicted octanol–water partition coefficient (Wildman–Crippen LogP) is 5.09. The van der Waals surface area contributed by atoms with E-state index >= 15 is 0 Å². The van der Waals surface area contributed by atoms with Crippen LogP contribution in [0.1, 0.15) is 37.2 Å². The normalized spacial score (nSPS) is 17.0. The van der Waals surface area contributed by atoms with Crippen LogP contribution >= 0.6 is 0 Å². The minimum absolute atomic E-state index is 0.0448. The monoisotopic (exact) mass is 576 g/mol. The molecule has 2 aromatic carbocycles. The highest BCUT2D eigenvalue weighted by atomic mass is 16.6. The molecule has 9 heteroatoms. The standard InChI is InChI=1S/C33H40N2O7/c36-32-31(33(37)42-24-22-40-20-18-38-17-19-39-21-23-41-32)28-25-35(30-12-6-4-10-27(28)30)15-8-2-1-7-14-34-16-13-26-9-3-5-11-29(26)34/h3-6,9-13,16,25,31H,1-2,7-8,14-15,17-24H2. The summed E-state index contributed by atoms with van der Waals surface area (Å²) >= 11 is 0. The predicted molar refractivity (Wildman–Crippen MR) is 159 cm³/mol. The highest BCUT2D eigenvalue weighted by Crippen LogP contribution is 2.30. The fourth-order valence-electron chi connectivity index (χ4n) is 5.40. The van der Waals surface area contributed by atoms with E-state index in [9.17, 15) is 9.59 Å². The van der Waals surface area contributed by atoms with E-state index in [1.165, 1.54) is 10.9 Å². The quantitative estimate of drug-likeness (QED) is 0.164. The molecule has 1 aliphatic rings. The first-order valence-electron chi connectivity index (χ1n) is 14.9. The molecule has 0 saturated carbocycles. The number of esters is 2. The number of unbranched alkanes of at least 4 members (excludes halogenated alkanes) is 3. The molecule has 0 amide bonds. The maximum Gasteiger partial charge on any atom is 0.325 e. The average Bonchev–Trinajstić information content (AvgIpc) is 3.58. The minimum atomic E-state index is -1.19. The zero-order valence-corrected chi connectivity index (χ0v) is 24.1. The number of cyclic esters (lactones) is 2. The van der Waals surface area contributed by atoms with Crippen molar-refractivity contribution in [3.05, 3.63) is 72.6 Å². The number of benzene rings is 2. The minimum Gasteiger partial charge on any atom is -0.462 e. The number of nitrogens with zero attached hydrogens (tertiary/aromatic N) is 2. The molecule has 9 nitrogen and oxygen atoms in total. The largest absolute Gasteiger partial charge is 0.462 e. The number of hydrogen-bond donors (Lipinski definition) is 0. The molecule has 4 aromatic rings. The third-order valence-corrected chi connectivity index (χ3v) is 7.52. The summed E-state index contributed by atoms with van der Waals surface area (Å²) in [5, 5.41) is 2.12. The lowest BCUT2D eigenvalue weighted by molar-refractivity contribution is -0.159. The van der Waals surface area contributed by atoms with Gasteiger partial charge in [-0.1, -0.05) is 49.2 Å². The van der Waals surface area contributed by atoms with E-state index in [0.29, 0.717) is 32.0 Å². The van der Waals surface area contributed by atoms with Gasteiger partial charge in [0.05, 0.1) is 39.6 Å². The van der Waals surface area contributed by atoms with Crippen LogP contribution in [0.25, 0.3) is 21.8 Å². The number of fused-ring (bicyclic) bond motifs is 2. The van der Waals surface area contributed by atoms with Gasteiger partial charge in [-0.3, -0.25) is 9.59 Å². The molecule has 3 heterocycles. The van der Waals surface area contributed by atoms with E-state index < -0.39 is 17.9 Å². The number of aryl methyl sites for hydroxylation is 2. The van der Waals surface area contributed by atoms with E-state index in [-0.39, 0.29) is 26.4 Å². The Labute approximate surface area is 246 Å². The Morgan fingerprint density at radius 1 is 0.595 bits per heavy atom. The van der Waals surface area contributed by atoms with Crippen LogP contribution in [0.4, 0.5) is 0 Å². The number of aromatic nitrogens is 2. The van der Waals surface area contributed by atoms with Crippen molar-refractivity contribution in [3.8, 4) is 0 Å². The van der Waals surface area contributed by atoms with Crippen molar-refractivity contribution in [2.75, 3.05) is 52.9 Å². The third kappa shape index (κ3) is 7.79. The summed E-state index contributed by atoms with van der Waals surface area (Å²) in [6, 6.07) is 18.5. The van der Waals surface area contributed by atoms with Crippen molar-refractivity contribution in [1.82, 2.24) is 9.13 Å². The van der Waals surface area contributed by atoms with Crippen molar-refractivity contribution in [3.63, 3.8) is 0 Å². The molecule has 42 heavy (non-hydrogen) atoms. The van der Waals surface area contributed by atoms with E-state index in [4.69, 9.17) is 23.7 Å². The van der Waals surface area contributed by atoms with Gasteiger partial charge in [0.15, 0.2) is 5.92 Å². The van der Waals surface area contributed by atoms with Gasteiger partial charge in [-0.25, -0.2) is 0 Å². The lowest BCUT2D eigenvalue weighted by Crippen LogP contribution is -2.28. The maximum atomic E-state index is 13.2. The van der Waals surface area contributed by atoms with Crippen molar-refractivity contribution < 1.29 is 33.3 Å². The van der Waals surface area contributed by atoms with Gasteiger partial charge in [0, 0.05) is 47.5 Å². The summed E-state index contributed by atoms with van der Waals surface area (Å²) in [6.45, 7) is 3.95. The average molecular weight is 577 g/mol. The summed E-state index contributed by atoms with van der Waals surface area (Å²) in [4.78, 5) is 26.5. The van der Waals surface area contributed by atoms with Crippen LogP contribution in [0.5, 0.6) is 0 Å². The molecule has 0 unspecified atom stereocenters. The lowest BCUT2D eigenvalue weighted by atomic mass is 9.98. The van der Waals surface area contributed by atoms with E-state index in [2.05, 4.69) is 45.7 Å². The van der Waals surface area contributed by atoms with Crippen molar-refractivity contribution >= 4 is 33.7 Å². The van der Waals surface area contributed by atoms with Crippen LogP contribution in [-0.4, -0.2) is 73.9 Å². The van der Waals surface area contributed by atoms with Gasteiger partial charge in [0.1, 0.15) is 13.2 Å². The number of carbonyl (C=O) groups excluding carboxylic acids is 2. The van der Waals surface area contributed by atoms with Crippen LogP contribution in [0.2, 0.25) is 0 Å². The number of hydrogen-bond acceptors (Lipinski definition) is 7.